The quantitative estimate of drug-likeness (QED) is 0.848. The Balaban J connectivity index is 2.10. The third-order valence-corrected chi connectivity index (χ3v) is 5.62. The van der Waals surface area contributed by atoms with Gasteiger partial charge in [-0.1, -0.05) is 0 Å². The van der Waals surface area contributed by atoms with Crippen LogP contribution >= 0.6 is 11.5 Å². The lowest BCUT2D eigenvalue weighted by Gasteiger charge is -2.29. The largest absolute Gasteiger partial charge is 0.479 e. The van der Waals surface area contributed by atoms with E-state index in [0.29, 0.717) is 11.6 Å². The molecule has 3 heterocycles. The highest BCUT2D eigenvalue weighted by molar-refractivity contribution is 7.93. The number of pyridine rings is 1. The first-order valence-corrected chi connectivity index (χ1v) is 8.43. The molecule has 1 aliphatic rings. The van der Waals surface area contributed by atoms with Crippen molar-refractivity contribution in [2.75, 3.05) is 24.6 Å². The van der Waals surface area contributed by atoms with Gasteiger partial charge in [0.15, 0.2) is 4.90 Å². The van der Waals surface area contributed by atoms with Crippen LogP contribution in [0.5, 0.6) is 11.8 Å². The van der Waals surface area contributed by atoms with Gasteiger partial charge in [0.25, 0.3) is 10.0 Å². The highest BCUT2D eigenvalue weighted by Crippen LogP contribution is 2.36. The van der Waals surface area contributed by atoms with Gasteiger partial charge in [-0.2, -0.15) is 4.37 Å². The third kappa shape index (κ3) is 2.32. The van der Waals surface area contributed by atoms with Gasteiger partial charge in [0.2, 0.25) is 11.8 Å². The molecule has 7 nitrogen and oxygen atoms in total. The molecule has 0 atom stereocenters. The fourth-order valence-electron chi connectivity index (χ4n) is 2.06. The summed E-state index contributed by atoms with van der Waals surface area (Å²) in [5, 5.41) is 1.46. The van der Waals surface area contributed by atoms with E-state index in [4.69, 9.17) is 9.47 Å². The van der Waals surface area contributed by atoms with Crippen LogP contribution in [-0.4, -0.2) is 38.0 Å². The standard InChI is InChI=1S/C12H13N3O4S2/c1-8-3-4-9-11(13-8)19-6-5-15(9)21(16,17)10-7-20-14-12(10)18-2/h3-4,7H,5-6H2,1-2H3. The number of sulfonamides is 1. The fourth-order valence-corrected chi connectivity index (χ4v) is 4.55. The van der Waals surface area contributed by atoms with Crippen LogP contribution in [0, 0.1) is 6.92 Å². The number of hydrogen-bond acceptors (Lipinski definition) is 7. The van der Waals surface area contributed by atoms with Gasteiger partial charge < -0.3 is 9.47 Å². The molecule has 3 rings (SSSR count). The van der Waals surface area contributed by atoms with Gasteiger partial charge in [0, 0.05) is 11.1 Å². The molecule has 0 fully saturated rings. The number of fused-ring (bicyclic) bond motifs is 1. The molecule has 0 bridgehead atoms. The Morgan fingerprint density at radius 1 is 1.43 bits per heavy atom. The fraction of sp³-hybridized carbons (Fsp3) is 0.333. The summed E-state index contributed by atoms with van der Waals surface area (Å²) in [5.41, 5.74) is 1.20. The number of anilines is 1. The minimum absolute atomic E-state index is 0.0587. The molecule has 112 valence electrons. The Hall–Kier alpha value is -1.87. The maximum atomic E-state index is 12.8. The lowest BCUT2D eigenvalue weighted by molar-refractivity contribution is 0.302. The lowest BCUT2D eigenvalue weighted by atomic mass is 10.3. The summed E-state index contributed by atoms with van der Waals surface area (Å²) in [4.78, 5) is 4.29. The molecule has 0 amide bonds. The topological polar surface area (TPSA) is 81.6 Å². The summed E-state index contributed by atoms with van der Waals surface area (Å²) >= 11 is 1.04. The van der Waals surface area contributed by atoms with E-state index >= 15 is 0 Å². The van der Waals surface area contributed by atoms with Crippen LogP contribution in [0.25, 0.3) is 0 Å². The summed E-state index contributed by atoms with van der Waals surface area (Å²) in [7, 11) is -2.36. The van der Waals surface area contributed by atoms with E-state index in [1.165, 1.54) is 16.8 Å². The second kappa shape index (κ2) is 5.15. The van der Waals surface area contributed by atoms with E-state index in [-0.39, 0.29) is 23.9 Å². The summed E-state index contributed by atoms with van der Waals surface area (Å²) in [6.45, 7) is 2.30. The van der Waals surface area contributed by atoms with Gasteiger partial charge in [0.05, 0.1) is 13.7 Å². The SMILES string of the molecule is COc1nscc1S(=O)(=O)N1CCOc2nc(C)ccc21. The van der Waals surface area contributed by atoms with E-state index in [2.05, 4.69) is 9.36 Å². The van der Waals surface area contributed by atoms with Gasteiger partial charge >= 0.3 is 0 Å². The van der Waals surface area contributed by atoms with Crippen molar-refractivity contribution in [3.05, 3.63) is 23.2 Å². The number of nitrogens with zero attached hydrogens (tertiary/aromatic N) is 3. The molecule has 0 saturated heterocycles. The normalized spacial score (nSPS) is 14.5. The Morgan fingerprint density at radius 2 is 2.24 bits per heavy atom. The van der Waals surface area contributed by atoms with E-state index in [0.717, 1.165) is 17.2 Å². The molecule has 0 spiro atoms. The molecule has 0 N–H and O–H groups in total. The van der Waals surface area contributed by atoms with Crippen LogP contribution in [0.2, 0.25) is 0 Å². The number of hydrogen-bond donors (Lipinski definition) is 0. The summed E-state index contributed by atoms with van der Waals surface area (Å²) in [5.74, 6) is 0.431. The van der Waals surface area contributed by atoms with Crippen molar-refractivity contribution in [1.29, 1.82) is 0 Å². The monoisotopic (exact) mass is 327 g/mol. The molecule has 9 heteroatoms. The highest BCUT2D eigenvalue weighted by atomic mass is 32.2. The number of rotatable bonds is 3. The van der Waals surface area contributed by atoms with Gasteiger partial charge in [-0.3, -0.25) is 4.31 Å². The molecule has 1 aliphatic heterocycles. The number of aromatic nitrogens is 2. The highest BCUT2D eigenvalue weighted by Gasteiger charge is 2.34. The van der Waals surface area contributed by atoms with Gasteiger partial charge in [-0.25, -0.2) is 13.4 Å². The average Bonchev–Trinajstić information content (AvgIpc) is 2.95. The molecule has 21 heavy (non-hydrogen) atoms. The first kappa shape index (κ1) is 14.1. The number of methoxy groups -OCH3 is 1. The Bertz CT molecular complexity index is 773. The maximum Gasteiger partial charge on any atom is 0.270 e. The smallest absolute Gasteiger partial charge is 0.270 e. The predicted octanol–water partition coefficient (Wildman–Crippen LogP) is 1.44. The zero-order valence-electron chi connectivity index (χ0n) is 11.4. The number of ether oxygens (including phenoxy) is 2. The summed E-state index contributed by atoms with van der Waals surface area (Å²) < 4.78 is 41.3. The first-order valence-electron chi connectivity index (χ1n) is 6.15. The van der Waals surface area contributed by atoms with E-state index in [1.54, 1.807) is 12.1 Å². The van der Waals surface area contributed by atoms with Crippen molar-refractivity contribution in [1.82, 2.24) is 9.36 Å². The molecule has 0 aromatic carbocycles. The molecule has 0 saturated carbocycles. The minimum Gasteiger partial charge on any atom is -0.479 e. The first-order chi connectivity index (χ1) is 10.0. The van der Waals surface area contributed by atoms with Gasteiger partial charge in [-0.15, -0.1) is 0 Å². The van der Waals surface area contributed by atoms with Crippen LogP contribution in [0.4, 0.5) is 5.69 Å². The minimum atomic E-state index is -3.75. The summed E-state index contributed by atoms with van der Waals surface area (Å²) in [6.07, 6.45) is 0. The van der Waals surface area contributed by atoms with Crippen molar-refractivity contribution in [2.24, 2.45) is 0 Å². The second-order valence-electron chi connectivity index (χ2n) is 4.39. The lowest BCUT2D eigenvalue weighted by Crippen LogP contribution is -2.38. The van der Waals surface area contributed by atoms with Crippen molar-refractivity contribution in [2.45, 2.75) is 11.8 Å². The van der Waals surface area contributed by atoms with Gasteiger partial charge in [-0.05, 0) is 30.6 Å². The van der Waals surface area contributed by atoms with Crippen molar-refractivity contribution < 1.29 is 17.9 Å². The molecule has 0 radical (unpaired) electrons. The Kier molecular flexibility index (Phi) is 3.46. The zero-order valence-corrected chi connectivity index (χ0v) is 13.1. The number of aryl methyl sites for hydroxylation is 1. The molecule has 2 aromatic heterocycles. The molecule has 2 aromatic rings. The van der Waals surface area contributed by atoms with Crippen LogP contribution in [0.15, 0.2) is 22.4 Å². The van der Waals surface area contributed by atoms with Crippen LogP contribution in [-0.2, 0) is 10.0 Å². The van der Waals surface area contributed by atoms with Crippen molar-refractivity contribution >= 4 is 27.2 Å². The zero-order chi connectivity index (χ0) is 15.0. The van der Waals surface area contributed by atoms with E-state index in [9.17, 15) is 8.42 Å². The van der Waals surface area contributed by atoms with Crippen molar-refractivity contribution in [3.8, 4) is 11.8 Å². The van der Waals surface area contributed by atoms with E-state index in [1.807, 2.05) is 6.92 Å². The maximum absolute atomic E-state index is 12.8. The molecule has 0 unspecified atom stereocenters. The molecular formula is C12H13N3O4S2. The Morgan fingerprint density at radius 3 is 3.00 bits per heavy atom. The van der Waals surface area contributed by atoms with Crippen molar-refractivity contribution in [3.63, 3.8) is 0 Å². The van der Waals surface area contributed by atoms with Crippen LogP contribution in [0.1, 0.15) is 5.69 Å². The van der Waals surface area contributed by atoms with Crippen LogP contribution in [0.3, 0.4) is 0 Å². The molecule has 0 aliphatic carbocycles. The average molecular weight is 327 g/mol. The predicted molar refractivity (Wildman–Crippen MR) is 77.7 cm³/mol. The Labute approximate surface area is 126 Å². The van der Waals surface area contributed by atoms with Gasteiger partial charge in [0.1, 0.15) is 12.3 Å². The van der Waals surface area contributed by atoms with Crippen LogP contribution < -0.4 is 13.8 Å². The summed E-state index contributed by atoms with van der Waals surface area (Å²) in [6, 6.07) is 3.44. The molecular weight excluding hydrogens is 314 g/mol. The van der Waals surface area contributed by atoms with E-state index < -0.39 is 10.0 Å². The second-order valence-corrected chi connectivity index (χ2v) is 6.85. The third-order valence-electron chi connectivity index (χ3n) is 3.05.